The van der Waals surface area contributed by atoms with Gasteiger partial charge in [-0.25, -0.2) is 4.79 Å². The van der Waals surface area contributed by atoms with Gasteiger partial charge in [-0.2, -0.15) is 4.99 Å². The van der Waals surface area contributed by atoms with Crippen LogP contribution in [0.5, 0.6) is 0 Å². The number of benzene rings is 1. The first kappa shape index (κ1) is 14.4. The van der Waals surface area contributed by atoms with Crippen molar-refractivity contribution in [1.82, 2.24) is 5.32 Å². The number of amides is 2. The number of aliphatic imine (C=N–C) groups is 1. The van der Waals surface area contributed by atoms with Crippen LogP contribution in [0.4, 0.5) is 0 Å². The summed E-state index contributed by atoms with van der Waals surface area (Å²) < 4.78 is -1.37. The molecule has 1 aromatic rings. The van der Waals surface area contributed by atoms with Crippen LogP contribution in [0.25, 0.3) is 0 Å². The zero-order valence-corrected chi connectivity index (χ0v) is 12.2. The molecular formula is C12H10IN3O4. The Hall–Kier alpha value is -1.97. The highest BCUT2D eigenvalue weighted by Crippen LogP contribution is 2.28. The summed E-state index contributed by atoms with van der Waals surface area (Å²) in [6, 6.07) is 5.96. The van der Waals surface area contributed by atoms with Crippen LogP contribution in [0, 0.1) is 0 Å². The molecule has 1 aliphatic heterocycles. The molecule has 1 aromatic carbocycles. The number of alkyl halides is 1. The smallest absolute Gasteiger partial charge is 0.335 e. The molecule has 0 aliphatic carbocycles. The number of guanidine groups is 1. The van der Waals surface area contributed by atoms with E-state index in [9.17, 15) is 14.4 Å². The Kier molecular flexibility index (Phi) is 3.75. The molecule has 0 spiro atoms. The summed E-state index contributed by atoms with van der Waals surface area (Å²) in [6.45, 7) is 0. The summed E-state index contributed by atoms with van der Waals surface area (Å²) in [5, 5.41) is 11.1. The van der Waals surface area contributed by atoms with Crippen molar-refractivity contribution in [2.45, 2.75) is 9.84 Å². The quantitative estimate of drug-likeness (QED) is 0.385. The minimum atomic E-state index is -1.37. The molecule has 2 rings (SSSR count). The number of carboxylic acid groups (broad SMARTS) is 1. The second-order valence-corrected chi connectivity index (χ2v) is 6.08. The first-order valence-electron chi connectivity index (χ1n) is 5.54. The van der Waals surface area contributed by atoms with Gasteiger partial charge in [0.1, 0.15) is 0 Å². The van der Waals surface area contributed by atoms with Crippen molar-refractivity contribution in [3.63, 3.8) is 0 Å². The molecule has 0 aromatic heterocycles. The SMILES string of the molecule is NC1=NC(=O)[C@@](I)(Cc2ccc(C(=O)O)cc2)C(=O)N1. The molecule has 1 atom stereocenters. The lowest BCUT2D eigenvalue weighted by molar-refractivity contribution is -0.130. The maximum Gasteiger partial charge on any atom is 0.335 e. The number of nitrogens with one attached hydrogen (secondary N) is 1. The van der Waals surface area contributed by atoms with Crippen molar-refractivity contribution in [2.75, 3.05) is 0 Å². The molecule has 20 heavy (non-hydrogen) atoms. The summed E-state index contributed by atoms with van der Waals surface area (Å²) in [5.41, 5.74) is 6.10. The van der Waals surface area contributed by atoms with Crippen molar-refractivity contribution >= 4 is 46.3 Å². The summed E-state index contributed by atoms with van der Waals surface area (Å²) in [4.78, 5) is 38.1. The fraction of sp³-hybridized carbons (Fsp3) is 0.167. The number of hydrogen-bond acceptors (Lipinski definition) is 4. The van der Waals surface area contributed by atoms with Crippen LogP contribution in [0.1, 0.15) is 15.9 Å². The molecule has 0 radical (unpaired) electrons. The molecule has 8 heteroatoms. The minimum Gasteiger partial charge on any atom is -0.478 e. The molecule has 1 aliphatic rings. The third-order valence-corrected chi connectivity index (χ3v) is 4.14. The lowest BCUT2D eigenvalue weighted by Gasteiger charge is -2.26. The lowest BCUT2D eigenvalue weighted by Crippen LogP contribution is -2.57. The second kappa shape index (κ2) is 5.19. The van der Waals surface area contributed by atoms with Gasteiger partial charge in [0.25, 0.3) is 11.8 Å². The van der Waals surface area contributed by atoms with Gasteiger partial charge in [-0.15, -0.1) is 0 Å². The van der Waals surface area contributed by atoms with E-state index in [1.165, 1.54) is 12.1 Å². The Bertz CT molecular complexity index is 626. The van der Waals surface area contributed by atoms with Crippen LogP contribution in [-0.2, 0) is 16.0 Å². The number of nitrogens with two attached hydrogens (primary N) is 1. The summed E-state index contributed by atoms with van der Waals surface area (Å²) in [7, 11) is 0. The summed E-state index contributed by atoms with van der Waals surface area (Å²) >= 11 is 1.74. The third kappa shape index (κ3) is 2.64. The van der Waals surface area contributed by atoms with Gasteiger partial charge in [0.15, 0.2) is 3.42 Å². The Morgan fingerprint density at radius 3 is 2.45 bits per heavy atom. The molecule has 0 saturated carbocycles. The number of carbonyl (C=O) groups is 3. The van der Waals surface area contributed by atoms with Crippen LogP contribution < -0.4 is 11.1 Å². The highest BCUT2D eigenvalue weighted by Gasteiger charge is 2.46. The average molecular weight is 387 g/mol. The van der Waals surface area contributed by atoms with Crippen LogP contribution in [-0.4, -0.2) is 32.3 Å². The van der Waals surface area contributed by atoms with Gasteiger partial charge in [-0.05, 0) is 17.7 Å². The van der Waals surface area contributed by atoms with Crippen LogP contribution in [0.2, 0.25) is 0 Å². The van der Waals surface area contributed by atoms with Gasteiger partial charge >= 0.3 is 5.97 Å². The van der Waals surface area contributed by atoms with E-state index in [0.29, 0.717) is 5.56 Å². The van der Waals surface area contributed by atoms with Gasteiger partial charge in [0.05, 0.1) is 5.56 Å². The van der Waals surface area contributed by atoms with Crippen molar-refractivity contribution in [1.29, 1.82) is 0 Å². The number of halogens is 1. The van der Waals surface area contributed by atoms with E-state index in [1.54, 1.807) is 34.7 Å². The van der Waals surface area contributed by atoms with Crippen molar-refractivity contribution in [2.24, 2.45) is 10.7 Å². The maximum atomic E-state index is 11.9. The highest BCUT2D eigenvalue weighted by molar-refractivity contribution is 14.1. The van der Waals surface area contributed by atoms with E-state index in [-0.39, 0.29) is 17.9 Å². The van der Waals surface area contributed by atoms with Gasteiger partial charge in [0, 0.05) is 6.42 Å². The maximum absolute atomic E-state index is 11.9. The van der Waals surface area contributed by atoms with Crippen LogP contribution in [0.3, 0.4) is 0 Å². The number of carboxylic acids is 1. The summed E-state index contributed by atoms with van der Waals surface area (Å²) in [5.74, 6) is -2.40. The Morgan fingerprint density at radius 1 is 1.35 bits per heavy atom. The molecule has 0 unspecified atom stereocenters. The van der Waals surface area contributed by atoms with Gasteiger partial charge in [0.2, 0.25) is 5.96 Å². The second-order valence-electron chi connectivity index (χ2n) is 4.24. The first-order chi connectivity index (χ1) is 9.33. The molecule has 0 bridgehead atoms. The van der Waals surface area contributed by atoms with Crippen LogP contribution in [0.15, 0.2) is 29.3 Å². The molecule has 1 heterocycles. The zero-order valence-electron chi connectivity index (χ0n) is 10.1. The van der Waals surface area contributed by atoms with Gasteiger partial charge in [-0.3, -0.25) is 14.9 Å². The first-order valence-corrected chi connectivity index (χ1v) is 6.62. The number of carbonyl (C=O) groups excluding carboxylic acids is 2. The van der Waals surface area contributed by atoms with Gasteiger partial charge in [-0.1, -0.05) is 34.7 Å². The molecule has 2 amide bonds. The third-order valence-electron chi connectivity index (χ3n) is 2.81. The number of aromatic carboxylic acids is 1. The Balaban J connectivity index is 2.26. The lowest BCUT2D eigenvalue weighted by atomic mass is 9.96. The number of rotatable bonds is 3. The van der Waals surface area contributed by atoms with E-state index >= 15 is 0 Å². The van der Waals surface area contributed by atoms with E-state index in [1.807, 2.05) is 0 Å². The largest absolute Gasteiger partial charge is 0.478 e. The summed E-state index contributed by atoms with van der Waals surface area (Å²) in [6.07, 6.45) is 0.106. The standard InChI is InChI=1S/C12H10IN3O4/c13-12(9(19)15-11(14)16-10(12)20)5-6-1-3-7(4-2-6)8(17)18/h1-4H,5H2,(H,17,18)(H3,14,15,16,19,20). The number of nitrogens with zero attached hydrogens (tertiary/aromatic N) is 1. The molecule has 7 nitrogen and oxygen atoms in total. The van der Waals surface area contributed by atoms with Gasteiger partial charge < -0.3 is 10.8 Å². The predicted molar refractivity (Wildman–Crippen MR) is 78.6 cm³/mol. The molecule has 104 valence electrons. The van der Waals surface area contributed by atoms with Crippen LogP contribution >= 0.6 is 22.6 Å². The minimum absolute atomic E-state index is 0.106. The van der Waals surface area contributed by atoms with E-state index in [0.717, 1.165) is 0 Å². The zero-order chi connectivity index (χ0) is 14.9. The van der Waals surface area contributed by atoms with E-state index in [4.69, 9.17) is 10.8 Å². The van der Waals surface area contributed by atoms with Crippen molar-refractivity contribution in [3.05, 3.63) is 35.4 Å². The topological polar surface area (TPSA) is 122 Å². The average Bonchev–Trinajstić information content (AvgIpc) is 2.37. The number of hydrogen-bond donors (Lipinski definition) is 3. The normalized spacial score (nSPS) is 22.1. The molecule has 0 saturated heterocycles. The monoisotopic (exact) mass is 387 g/mol. The highest BCUT2D eigenvalue weighted by atomic mass is 127. The molecule has 4 N–H and O–H groups in total. The fourth-order valence-corrected chi connectivity index (χ4v) is 2.44. The predicted octanol–water partition coefficient (Wildman–Crippen LogP) is 0.0722. The van der Waals surface area contributed by atoms with Crippen molar-refractivity contribution < 1.29 is 19.5 Å². The Morgan fingerprint density at radius 2 is 1.95 bits per heavy atom. The molecular weight excluding hydrogens is 377 g/mol. The van der Waals surface area contributed by atoms with E-state index in [2.05, 4.69) is 10.3 Å². The van der Waals surface area contributed by atoms with Crippen molar-refractivity contribution in [3.8, 4) is 0 Å². The van der Waals surface area contributed by atoms with E-state index < -0.39 is 21.2 Å². The molecule has 0 fully saturated rings. The Labute approximate surface area is 127 Å². The fourth-order valence-electron chi connectivity index (χ4n) is 1.74.